The number of ether oxygens (including phenoxy) is 1. The summed E-state index contributed by atoms with van der Waals surface area (Å²) in [6.07, 6.45) is 3.62. The Morgan fingerprint density at radius 3 is 3.06 bits per heavy atom. The van der Waals surface area contributed by atoms with E-state index in [-0.39, 0.29) is 5.78 Å². The summed E-state index contributed by atoms with van der Waals surface area (Å²) < 4.78 is 9.97. The summed E-state index contributed by atoms with van der Waals surface area (Å²) in [5, 5.41) is 0. The van der Waals surface area contributed by atoms with Crippen LogP contribution in [0.4, 0.5) is 0 Å². The number of hydrogen-bond acceptors (Lipinski definition) is 4. The zero-order valence-corrected chi connectivity index (χ0v) is 8.93. The Kier molecular flexibility index (Phi) is 2.90. The van der Waals surface area contributed by atoms with Crippen molar-refractivity contribution in [1.82, 2.24) is 0 Å². The van der Waals surface area contributed by atoms with E-state index in [9.17, 15) is 9.59 Å². The number of carbonyl (C=O) groups excluding carboxylic acids is 2. The van der Waals surface area contributed by atoms with Gasteiger partial charge in [-0.25, -0.2) is 0 Å². The Bertz CT molecular complexity index is 428. The average molecular weight is 220 g/mol. The van der Waals surface area contributed by atoms with Crippen LogP contribution >= 0.6 is 0 Å². The van der Waals surface area contributed by atoms with Crippen LogP contribution in [0.3, 0.4) is 0 Å². The topological polar surface area (TPSA) is 56.5 Å². The molecule has 0 amide bonds. The summed E-state index contributed by atoms with van der Waals surface area (Å²) in [7, 11) is 0. The van der Waals surface area contributed by atoms with Gasteiger partial charge < -0.3 is 9.15 Å². The molecule has 1 aromatic rings. The number of carbonyl (C=O) groups is 2. The maximum atomic E-state index is 11.9. The standard InChI is InChI=1S/C12H12O4/c1-2-15-12(14)9-6-5-8(11(9)13)10-4-3-7-16-10/h3-5,7,9H,2,6H2,1H3. The quantitative estimate of drug-likeness (QED) is 0.576. The van der Waals surface area contributed by atoms with Gasteiger partial charge in [0.2, 0.25) is 0 Å². The largest absolute Gasteiger partial charge is 0.465 e. The molecule has 1 aliphatic carbocycles. The highest BCUT2D eigenvalue weighted by atomic mass is 16.5. The Hall–Kier alpha value is -1.84. The third kappa shape index (κ3) is 1.78. The van der Waals surface area contributed by atoms with E-state index < -0.39 is 11.9 Å². The maximum absolute atomic E-state index is 11.9. The molecule has 1 aliphatic rings. The second-order valence-electron chi connectivity index (χ2n) is 3.50. The lowest BCUT2D eigenvalue weighted by Gasteiger charge is -2.07. The van der Waals surface area contributed by atoms with Crippen LogP contribution in [-0.4, -0.2) is 18.4 Å². The number of furan rings is 1. The molecule has 0 saturated carbocycles. The minimum absolute atomic E-state index is 0.214. The smallest absolute Gasteiger partial charge is 0.317 e. The third-order valence-electron chi connectivity index (χ3n) is 2.50. The predicted molar refractivity (Wildman–Crippen MR) is 56.4 cm³/mol. The molecule has 4 nitrogen and oxygen atoms in total. The lowest BCUT2D eigenvalue weighted by Crippen LogP contribution is -2.22. The van der Waals surface area contributed by atoms with Crippen molar-refractivity contribution in [3.05, 3.63) is 30.2 Å². The second kappa shape index (κ2) is 4.35. The van der Waals surface area contributed by atoms with Crippen molar-refractivity contribution in [2.45, 2.75) is 13.3 Å². The number of allylic oxidation sites excluding steroid dienone is 2. The molecular weight excluding hydrogens is 208 g/mol. The van der Waals surface area contributed by atoms with Gasteiger partial charge in [-0.2, -0.15) is 0 Å². The molecule has 84 valence electrons. The molecule has 2 rings (SSSR count). The molecule has 4 heteroatoms. The minimum Gasteiger partial charge on any atom is -0.465 e. The summed E-state index contributed by atoms with van der Waals surface area (Å²) in [5.74, 6) is -0.851. The molecule has 0 bridgehead atoms. The van der Waals surface area contributed by atoms with Gasteiger partial charge in [0.05, 0.1) is 18.4 Å². The van der Waals surface area contributed by atoms with Crippen molar-refractivity contribution in [3.63, 3.8) is 0 Å². The minimum atomic E-state index is -0.694. The van der Waals surface area contributed by atoms with Crippen LogP contribution in [0.1, 0.15) is 19.1 Å². The predicted octanol–water partition coefficient (Wildman–Crippen LogP) is 1.82. The van der Waals surface area contributed by atoms with Gasteiger partial charge >= 0.3 is 5.97 Å². The fraction of sp³-hybridized carbons (Fsp3) is 0.333. The van der Waals surface area contributed by atoms with Crippen LogP contribution in [-0.2, 0) is 14.3 Å². The second-order valence-corrected chi connectivity index (χ2v) is 3.50. The fourth-order valence-electron chi connectivity index (χ4n) is 1.73. The van der Waals surface area contributed by atoms with Crippen molar-refractivity contribution in [1.29, 1.82) is 0 Å². The number of rotatable bonds is 3. The molecule has 0 N–H and O–H groups in total. The first-order valence-electron chi connectivity index (χ1n) is 5.19. The summed E-state index contributed by atoms with van der Waals surface area (Å²) in [6.45, 7) is 2.01. The maximum Gasteiger partial charge on any atom is 0.317 e. The molecule has 1 unspecified atom stereocenters. The highest BCUT2D eigenvalue weighted by Crippen LogP contribution is 2.29. The Labute approximate surface area is 92.9 Å². The van der Waals surface area contributed by atoms with E-state index in [0.717, 1.165) is 0 Å². The first-order valence-corrected chi connectivity index (χ1v) is 5.19. The van der Waals surface area contributed by atoms with Crippen LogP contribution in [0, 0.1) is 5.92 Å². The number of esters is 1. The average Bonchev–Trinajstić information content (AvgIpc) is 2.86. The summed E-state index contributed by atoms with van der Waals surface area (Å²) in [6, 6.07) is 3.42. The van der Waals surface area contributed by atoms with Crippen LogP contribution < -0.4 is 0 Å². The first-order chi connectivity index (χ1) is 7.74. The van der Waals surface area contributed by atoms with E-state index in [0.29, 0.717) is 24.4 Å². The number of Topliss-reactive ketones (excluding diaryl/α,β-unsaturated/α-hetero) is 1. The molecule has 1 heterocycles. The van der Waals surface area contributed by atoms with Gasteiger partial charge in [-0.05, 0) is 25.5 Å². The van der Waals surface area contributed by atoms with E-state index in [2.05, 4.69) is 0 Å². The molecule has 0 saturated heterocycles. The highest BCUT2D eigenvalue weighted by Gasteiger charge is 2.35. The van der Waals surface area contributed by atoms with E-state index in [4.69, 9.17) is 9.15 Å². The SMILES string of the molecule is CCOC(=O)C1CC=C(c2ccco2)C1=O. The zero-order chi connectivity index (χ0) is 11.5. The Morgan fingerprint density at radius 1 is 1.62 bits per heavy atom. The van der Waals surface area contributed by atoms with Gasteiger partial charge in [-0.3, -0.25) is 9.59 Å². The van der Waals surface area contributed by atoms with Crippen molar-refractivity contribution in [3.8, 4) is 0 Å². The zero-order valence-electron chi connectivity index (χ0n) is 8.93. The van der Waals surface area contributed by atoms with Crippen molar-refractivity contribution < 1.29 is 18.7 Å². The monoisotopic (exact) mass is 220 g/mol. The third-order valence-corrected chi connectivity index (χ3v) is 2.50. The molecule has 16 heavy (non-hydrogen) atoms. The molecular formula is C12H12O4. The lowest BCUT2D eigenvalue weighted by molar-refractivity contribution is -0.149. The highest BCUT2D eigenvalue weighted by molar-refractivity contribution is 6.28. The summed E-state index contributed by atoms with van der Waals surface area (Å²) in [5.41, 5.74) is 0.475. The number of hydrogen-bond donors (Lipinski definition) is 0. The molecule has 0 spiro atoms. The fourth-order valence-corrected chi connectivity index (χ4v) is 1.73. The van der Waals surface area contributed by atoms with Gasteiger partial charge in [0.15, 0.2) is 5.78 Å². The lowest BCUT2D eigenvalue weighted by atomic mass is 10.0. The van der Waals surface area contributed by atoms with Crippen LogP contribution in [0.5, 0.6) is 0 Å². The van der Waals surface area contributed by atoms with Crippen LogP contribution in [0.2, 0.25) is 0 Å². The Morgan fingerprint density at radius 2 is 2.44 bits per heavy atom. The normalized spacial score (nSPS) is 19.7. The molecule has 1 aromatic heterocycles. The summed E-state index contributed by atoms with van der Waals surface area (Å²) >= 11 is 0. The van der Waals surface area contributed by atoms with E-state index >= 15 is 0 Å². The first kappa shape index (κ1) is 10.7. The number of ketones is 1. The molecule has 0 aliphatic heterocycles. The van der Waals surface area contributed by atoms with Gasteiger partial charge in [-0.15, -0.1) is 0 Å². The van der Waals surface area contributed by atoms with Gasteiger partial charge in [0.25, 0.3) is 0 Å². The van der Waals surface area contributed by atoms with Crippen molar-refractivity contribution in [2.24, 2.45) is 5.92 Å². The van der Waals surface area contributed by atoms with Crippen molar-refractivity contribution >= 4 is 17.3 Å². The van der Waals surface area contributed by atoms with Gasteiger partial charge in [0.1, 0.15) is 11.7 Å². The van der Waals surface area contributed by atoms with Gasteiger partial charge in [0, 0.05) is 0 Å². The van der Waals surface area contributed by atoms with E-state index in [1.54, 1.807) is 25.1 Å². The molecule has 0 radical (unpaired) electrons. The van der Waals surface area contributed by atoms with E-state index in [1.807, 2.05) is 0 Å². The van der Waals surface area contributed by atoms with Crippen LogP contribution in [0.15, 0.2) is 28.9 Å². The summed E-state index contributed by atoms with van der Waals surface area (Å²) in [4.78, 5) is 23.4. The molecule has 1 atom stereocenters. The molecule has 0 fully saturated rings. The Balaban J connectivity index is 2.12. The molecule has 0 aromatic carbocycles. The van der Waals surface area contributed by atoms with Gasteiger partial charge in [-0.1, -0.05) is 6.08 Å². The van der Waals surface area contributed by atoms with E-state index in [1.165, 1.54) is 6.26 Å². The van der Waals surface area contributed by atoms with Crippen LogP contribution in [0.25, 0.3) is 5.57 Å². The van der Waals surface area contributed by atoms with Crippen molar-refractivity contribution in [2.75, 3.05) is 6.61 Å².